The zero-order valence-corrected chi connectivity index (χ0v) is 11.4. The van der Waals surface area contributed by atoms with Gasteiger partial charge in [-0.2, -0.15) is 0 Å². The number of halogens is 2. The number of nitrogen functional groups attached to an aromatic ring is 1. The summed E-state index contributed by atoms with van der Waals surface area (Å²) in [4.78, 5) is 10.3. The monoisotopic (exact) mass is 311 g/mol. The third-order valence-electron chi connectivity index (χ3n) is 2.76. The largest absolute Gasteiger partial charge is 0.489 e. The normalized spacial score (nSPS) is 10.2. The van der Waals surface area contributed by atoms with Crippen LogP contribution in [0.25, 0.3) is 0 Å². The van der Waals surface area contributed by atoms with Gasteiger partial charge in [0.2, 0.25) is 0 Å². The van der Waals surface area contributed by atoms with Gasteiger partial charge in [-0.3, -0.25) is 16.0 Å². The van der Waals surface area contributed by atoms with Crippen LogP contribution in [0.1, 0.15) is 5.56 Å². The molecule has 0 spiro atoms. The maximum Gasteiger partial charge on any atom is 0.294 e. The van der Waals surface area contributed by atoms with Gasteiger partial charge in [-0.25, -0.2) is 4.39 Å². The molecule has 0 aromatic heterocycles. The average molecular weight is 312 g/mol. The van der Waals surface area contributed by atoms with E-state index in [2.05, 4.69) is 5.43 Å². The second-order valence-corrected chi connectivity index (χ2v) is 4.48. The summed E-state index contributed by atoms with van der Waals surface area (Å²) in [6.07, 6.45) is 0. The molecule has 0 radical (unpaired) electrons. The predicted molar refractivity (Wildman–Crippen MR) is 76.6 cm³/mol. The summed E-state index contributed by atoms with van der Waals surface area (Å²) in [6.45, 7) is -0.0116. The summed E-state index contributed by atoms with van der Waals surface area (Å²) in [6, 6.07) is 8.45. The van der Waals surface area contributed by atoms with Crippen molar-refractivity contribution in [2.75, 3.05) is 5.43 Å². The molecular weight excluding hydrogens is 301 g/mol. The van der Waals surface area contributed by atoms with Crippen molar-refractivity contribution in [3.63, 3.8) is 0 Å². The topological polar surface area (TPSA) is 90.4 Å². The average Bonchev–Trinajstić information content (AvgIpc) is 2.47. The second-order valence-electron chi connectivity index (χ2n) is 4.08. The molecule has 0 aliphatic rings. The maximum absolute atomic E-state index is 13.3. The van der Waals surface area contributed by atoms with E-state index in [1.165, 1.54) is 24.3 Å². The third kappa shape index (κ3) is 3.39. The Hall–Kier alpha value is -2.38. The van der Waals surface area contributed by atoms with Gasteiger partial charge in [0.25, 0.3) is 5.69 Å². The second kappa shape index (κ2) is 6.38. The molecular formula is C13H11ClFN3O3. The Morgan fingerprint density at radius 1 is 1.38 bits per heavy atom. The first-order chi connectivity index (χ1) is 10.0. The first-order valence-corrected chi connectivity index (χ1v) is 6.21. The van der Waals surface area contributed by atoms with Gasteiger partial charge < -0.3 is 10.2 Å². The molecule has 0 aliphatic carbocycles. The highest BCUT2D eigenvalue weighted by Crippen LogP contribution is 2.28. The van der Waals surface area contributed by atoms with E-state index in [0.717, 1.165) is 6.07 Å². The molecule has 6 nitrogen and oxygen atoms in total. The van der Waals surface area contributed by atoms with Gasteiger partial charge in [-0.05, 0) is 12.1 Å². The van der Waals surface area contributed by atoms with Crippen LogP contribution in [0, 0.1) is 15.9 Å². The molecule has 0 fully saturated rings. The van der Waals surface area contributed by atoms with Crippen molar-refractivity contribution >= 4 is 23.0 Å². The lowest BCUT2D eigenvalue weighted by atomic mass is 10.1. The molecule has 3 N–H and O–H groups in total. The first-order valence-electron chi connectivity index (χ1n) is 5.83. The zero-order valence-electron chi connectivity index (χ0n) is 10.7. The van der Waals surface area contributed by atoms with Crippen LogP contribution in [0.4, 0.5) is 15.8 Å². The van der Waals surface area contributed by atoms with Crippen LogP contribution in [0.5, 0.6) is 5.75 Å². The zero-order chi connectivity index (χ0) is 15.4. The van der Waals surface area contributed by atoms with E-state index >= 15 is 0 Å². The fraction of sp³-hybridized carbons (Fsp3) is 0.0769. The van der Waals surface area contributed by atoms with Gasteiger partial charge in [0.15, 0.2) is 0 Å². The van der Waals surface area contributed by atoms with Crippen molar-refractivity contribution in [1.82, 2.24) is 0 Å². The third-order valence-corrected chi connectivity index (χ3v) is 3.06. The summed E-state index contributed by atoms with van der Waals surface area (Å²) < 4.78 is 18.7. The Balaban J connectivity index is 2.21. The standard InChI is InChI=1S/C13H11ClFN3O3/c14-10-5-4-9(6-11(10)15)21-7-8-2-1-3-12(18(19)20)13(8)17-16/h1-6,17H,7,16H2. The van der Waals surface area contributed by atoms with Gasteiger partial charge in [0.1, 0.15) is 23.9 Å². The SMILES string of the molecule is NNc1c(COc2ccc(Cl)c(F)c2)cccc1[N+](=O)[O-]. The van der Waals surface area contributed by atoms with Crippen LogP contribution in [0.3, 0.4) is 0 Å². The molecule has 8 heteroatoms. The molecule has 110 valence electrons. The van der Waals surface area contributed by atoms with Gasteiger partial charge in [-0.1, -0.05) is 23.7 Å². The summed E-state index contributed by atoms with van der Waals surface area (Å²) in [5, 5.41) is 10.9. The number of nitrogens with zero attached hydrogens (tertiary/aromatic N) is 1. The fourth-order valence-electron chi connectivity index (χ4n) is 1.75. The summed E-state index contributed by atoms with van der Waals surface area (Å²) in [7, 11) is 0. The smallest absolute Gasteiger partial charge is 0.294 e. The number of benzene rings is 2. The minimum atomic E-state index is -0.606. The number of hydrogen-bond donors (Lipinski definition) is 2. The van der Waals surface area contributed by atoms with Crippen LogP contribution in [0.15, 0.2) is 36.4 Å². The Morgan fingerprint density at radius 2 is 2.14 bits per heavy atom. The highest BCUT2D eigenvalue weighted by atomic mass is 35.5. The Bertz CT molecular complexity index is 682. The highest BCUT2D eigenvalue weighted by molar-refractivity contribution is 6.30. The number of nitro groups is 1. The van der Waals surface area contributed by atoms with Gasteiger partial charge in [0.05, 0.1) is 9.95 Å². The lowest BCUT2D eigenvalue weighted by molar-refractivity contribution is -0.384. The molecule has 0 aliphatic heterocycles. The van der Waals surface area contributed by atoms with E-state index in [0.29, 0.717) is 5.56 Å². The van der Waals surface area contributed by atoms with Crippen molar-refractivity contribution in [3.8, 4) is 5.75 Å². The number of anilines is 1. The molecule has 2 rings (SSSR count). The fourth-order valence-corrected chi connectivity index (χ4v) is 1.87. The van der Waals surface area contributed by atoms with E-state index in [9.17, 15) is 14.5 Å². The molecule has 0 saturated carbocycles. The van der Waals surface area contributed by atoms with Crippen molar-refractivity contribution in [1.29, 1.82) is 0 Å². The summed E-state index contributed by atoms with van der Waals surface area (Å²) in [5.74, 6) is 4.96. The molecule has 0 unspecified atom stereocenters. The van der Waals surface area contributed by atoms with E-state index in [1.54, 1.807) is 6.07 Å². The molecule has 0 atom stereocenters. The number of nitro benzene ring substituents is 1. The maximum atomic E-state index is 13.3. The highest BCUT2D eigenvalue weighted by Gasteiger charge is 2.16. The lowest BCUT2D eigenvalue weighted by Crippen LogP contribution is -2.12. The van der Waals surface area contributed by atoms with Crippen molar-refractivity contribution < 1.29 is 14.1 Å². The molecule has 0 amide bonds. The van der Waals surface area contributed by atoms with Crippen molar-refractivity contribution in [3.05, 3.63) is 62.9 Å². The Kier molecular flexibility index (Phi) is 4.56. The van der Waals surface area contributed by atoms with Crippen LogP contribution < -0.4 is 16.0 Å². The Labute approximate surface area is 124 Å². The molecule has 2 aromatic rings. The molecule has 0 bridgehead atoms. The molecule has 0 saturated heterocycles. The molecule has 2 aromatic carbocycles. The minimum absolute atomic E-state index is 0.0116. The molecule has 0 heterocycles. The van der Waals surface area contributed by atoms with E-state index in [4.69, 9.17) is 22.2 Å². The Morgan fingerprint density at radius 3 is 2.76 bits per heavy atom. The first kappa shape index (κ1) is 15.0. The van der Waals surface area contributed by atoms with Gasteiger partial charge in [-0.15, -0.1) is 0 Å². The lowest BCUT2D eigenvalue weighted by Gasteiger charge is -2.11. The number of ether oxygens (including phenoxy) is 1. The van der Waals surface area contributed by atoms with E-state index < -0.39 is 10.7 Å². The molecule has 21 heavy (non-hydrogen) atoms. The van der Waals surface area contributed by atoms with Gasteiger partial charge in [0, 0.05) is 17.7 Å². The summed E-state index contributed by atoms with van der Waals surface area (Å²) in [5.41, 5.74) is 2.74. The predicted octanol–water partition coefficient (Wildman–Crippen LogP) is 3.25. The number of hydrazine groups is 1. The van der Waals surface area contributed by atoms with Crippen LogP contribution in [-0.2, 0) is 6.61 Å². The number of hydrogen-bond acceptors (Lipinski definition) is 5. The summed E-state index contributed by atoms with van der Waals surface area (Å²) >= 11 is 5.57. The minimum Gasteiger partial charge on any atom is -0.489 e. The van der Waals surface area contributed by atoms with Crippen molar-refractivity contribution in [2.45, 2.75) is 6.61 Å². The number of rotatable bonds is 5. The van der Waals surface area contributed by atoms with Crippen LogP contribution >= 0.6 is 11.6 Å². The number of para-hydroxylation sites is 1. The van der Waals surface area contributed by atoms with Crippen LogP contribution in [0.2, 0.25) is 5.02 Å². The van der Waals surface area contributed by atoms with Crippen LogP contribution in [-0.4, -0.2) is 4.92 Å². The quantitative estimate of drug-likeness (QED) is 0.502. The van der Waals surface area contributed by atoms with E-state index in [1.807, 2.05) is 0 Å². The number of nitrogens with two attached hydrogens (primary N) is 1. The van der Waals surface area contributed by atoms with Gasteiger partial charge >= 0.3 is 0 Å². The number of nitrogens with one attached hydrogen (secondary N) is 1. The van der Waals surface area contributed by atoms with E-state index in [-0.39, 0.29) is 28.8 Å². The van der Waals surface area contributed by atoms with Crippen molar-refractivity contribution in [2.24, 2.45) is 5.84 Å².